The maximum atomic E-state index is 11.4. The number of hydrogen-bond acceptors (Lipinski definition) is 3. The molecule has 1 aliphatic heterocycles. The fourth-order valence-electron chi connectivity index (χ4n) is 1.43. The molecule has 2 rings (SSSR count). The number of cyclic esters (lactones) is 1. The second-order valence-electron chi connectivity index (χ2n) is 3.10. The highest BCUT2D eigenvalue weighted by atomic mass is 35.6. The van der Waals surface area contributed by atoms with Crippen LogP contribution in [-0.4, -0.2) is 14.9 Å². The molecule has 0 saturated heterocycles. The van der Waals surface area contributed by atoms with Crippen LogP contribution in [0.3, 0.4) is 0 Å². The number of aromatic hydroxyl groups is 1. The Labute approximate surface area is 100 Å². The van der Waals surface area contributed by atoms with Crippen LogP contribution in [0.15, 0.2) is 18.2 Å². The van der Waals surface area contributed by atoms with E-state index in [4.69, 9.17) is 39.5 Å². The molecule has 1 aromatic carbocycles. The number of hydrogen-bond donors (Lipinski definition) is 1. The zero-order chi connectivity index (χ0) is 11.2. The zero-order valence-electron chi connectivity index (χ0n) is 7.21. The van der Waals surface area contributed by atoms with Crippen LogP contribution in [0.25, 0.3) is 0 Å². The molecule has 6 heteroatoms. The second kappa shape index (κ2) is 3.44. The van der Waals surface area contributed by atoms with Crippen molar-refractivity contribution in [2.45, 2.75) is 9.90 Å². The highest BCUT2D eigenvalue weighted by molar-refractivity contribution is 6.68. The van der Waals surface area contributed by atoms with Crippen molar-refractivity contribution in [1.82, 2.24) is 0 Å². The van der Waals surface area contributed by atoms with Crippen molar-refractivity contribution >= 4 is 40.8 Å². The van der Waals surface area contributed by atoms with Crippen molar-refractivity contribution in [3.63, 3.8) is 0 Å². The average Bonchev–Trinajstić information content (AvgIpc) is 2.43. The Morgan fingerprint density at radius 3 is 2.60 bits per heavy atom. The Balaban J connectivity index is 2.52. The van der Waals surface area contributed by atoms with Crippen LogP contribution in [0.4, 0.5) is 0 Å². The summed E-state index contributed by atoms with van der Waals surface area (Å²) in [6.45, 7) is 0. The van der Waals surface area contributed by atoms with Crippen LogP contribution in [-0.2, 0) is 4.74 Å². The van der Waals surface area contributed by atoms with E-state index >= 15 is 0 Å². The summed E-state index contributed by atoms with van der Waals surface area (Å²) in [5, 5.41) is 9.20. The first-order valence-corrected chi connectivity index (χ1v) is 5.13. The third-order valence-corrected chi connectivity index (χ3v) is 2.66. The fraction of sp³-hybridized carbons (Fsp3) is 0.222. The number of fused-ring (bicyclic) bond motifs is 1. The fourth-order valence-corrected chi connectivity index (χ4v) is 1.91. The van der Waals surface area contributed by atoms with Gasteiger partial charge in [0, 0.05) is 5.56 Å². The molecule has 15 heavy (non-hydrogen) atoms. The molecule has 1 aromatic rings. The Bertz CT molecular complexity index is 425. The predicted molar refractivity (Wildman–Crippen MR) is 56.6 cm³/mol. The second-order valence-corrected chi connectivity index (χ2v) is 5.47. The lowest BCUT2D eigenvalue weighted by molar-refractivity contribution is 0.0393. The van der Waals surface area contributed by atoms with E-state index in [9.17, 15) is 9.90 Å². The van der Waals surface area contributed by atoms with Crippen LogP contribution in [0, 0.1) is 0 Å². The standard InChI is InChI=1S/C9H5Cl3O3/c10-9(11,12)7-5-2-1-4(13)3-6(5)8(14)15-7/h1-3,7,13H/t7-/m0/s1. The van der Waals surface area contributed by atoms with Crippen LogP contribution in [0.5, 0.6) is 5.75 Å². The molecule has 0 unspecified atom stereocenters. The van der Waals surface area contributed by atoms with Crippen LogP contribution in [0.1, 0.15) is 22.0 Å². The molecule has 1 heterocycles. The van der Waals surface area contributed by atoms with Gasteiger partial charge < -0.3 is 9.84 Å². The Hall–Kier alpha value is -0.640. The van der Waals surface area contributed by atoms with Crippen molar-refractivity contribution in [2.75, 3.05) is 0 Å². The molecule has 0 aromatic heterocycles. The first kappa shape index (κ1) is 10.9. The lowest BCUT2D eigenvalue weighted by atomic mass is 10.1. The number of rotatable bonds is 0. The van der Waals surface area contributed by atoms with Gasteiger partial charge in [0.05, 0.1) is 5.56 Å². The van der Waals surface area contributed by atoms with Gasteiger partial charge in [0.15, 0.2) is 6.10 Å². The van der Waals surface area contributed by atoms with Crippen LogP contribution >= 0.6 is 34.8 Å². The number of carbonyl (C=O) groups is 1. The molecule has 1 aliphatic rings. The minimum Gasteiger partial charge on any atom is -0.508 e. The summed E-state index contributed by atoms with van der Waals surface area (Å²) in [5.74, 6) is -0.632. The SMILES string of the molecule is O=C1O[C@H](C(Cl)(Cl)Cl)c2ccc(O)cc21. The summed E-state index contributed by atoms with van der Waals surface area (Å²) in [5.41, 5.74) is 0.698. The maximum Gasteiger partial charge on any atom is 0.339 e. The summed E-state index contributed by atoms with van der Waals surface area (Å²) in [6, 6.07) is 4.19. The van der Waals surface area contributed by atoms with Gasteiger partial charge in [-0.15, -0.1) is 0 Å². The minimum atomic E-state index is -1.71. The molecule has 0 saturated carbocycles. The highest BCUT2D eigenvalue weighted by Crippen LogP contribution is 2.47. The zero-order valence-corrected chi connectivity index (χ0v) is 9.47. The van der Waals surface area contributed by atoms with Gasteiger partial charge >= 0.3 is 5.97 Å². The summed E-state index contributed by atoms with van der Waals surface area (Å²) in [7, 11) is 0. The molecule has 0 bridgehead atoms. The summed E-state index contributed by atoms with van der Waals surface area (Å²) in [6.07, 6.45) is -0.925. The minimum absolute atomic E-state index is 0.0318. The first-order valence-electron chi connectivity index (χ1n) is 4.00. The number of benzene rings is 1. The molecule has 0 aliphatic carbocycles. The molecule has 0 amide bonds. The molecular formula is C9H5Cl3O3. The first-order chi connectivity index (χ1) is 6.89. The van der Waals surface area contributed by atoms with Crippen molar-refractivity contribution in [3.8, 4) is 5.75 Å². The van der Waals surface area contributed by atoms with E-state index in [0.717, 1.165) is 0 Å². The molecule has 0 spiro atoms. The van der Waals surface area contributed by atoms with Crippen molar-refractivity contribution in [3.05, 3.63) is 29.3 Å². The van der Waals surface area contributed by atoms with E-state index in [0.29, 0.717) is 5.56 Å². The summed E-state index contributed by atoms with van der Waals surface area (Å²) < 4.78 is 3.19. The number of halogens is 3. The number of alkyl halides is 3. The Morgan fingerprint density at radius 1 is 1.33 bits per heavy atom. The molecule has 0 radical (unpaired) electrons. The maximum absolute atomic E-state index is 11.4. The number of esters is 1. The van der Waals surface area contributed by atoms with E-state index in [1.165, 1.54) is 18.2 Å². The molecule has 80 valence electrons. The smallest absolute Gasteiger partial charge is 0.339 e. The number of phenols is 1. The lowest BCUT2D eigenvalue weighted by Gasteiger charge is -2.18. The van der Waals surface area contributed by atoms with E-state index < -0.39 is 15.9 Å². The molecular weight excluding hydrogens is 262 g/mol. The van der Waals surface area contributed by atoms with Gasteiger partial charge in [-0.05, 0) is 12.1 Å². The van der Waals surface area contributed by atoms with Gasteiger partial charge in [0.2, 0.25) is 3.79 Å². The highest BCUT2D eigenvalue weighted by Gasteiger charge is 2.44. The normalized spacial score (nSPS) is 19.9. The van der Waals surface area contributed by atoms with Gasteiger partial charge in [-0.2, -0.15) is 0 Å². The number of phenolic OH excluding ortho intramolecular Hbond substituents is 1. The van der Waals surface area contributed by atoms with Crippen LogP contribution in [0.2, 0.25) is 0 Å². The Morgan fingerprint density at radius 2 is 2.00 bits per heavy atom. The lowest BCUT2D eigenvalue weighted by Crippen LogP contribution is -2.16. The molecule has 3 nitrogen and oxygen atoms in total. The van der Waals surface area contributed by atoms with Gasteiger partial charge in [0.25, 0.3) is 0 Å². The van der Waals surface area contributed by atoms with E-state index in [1.54, 1.807) is 0 Å². The largest absolute Gasteiger partial charge is 0.508 e. The van der Waals surface area contributed by atoms with Crippen molar-refractivity contribution < 1.29 is 14.6 Å². The third-order valence-electron chi connectivity index (χ3n) is 2.06. The Kier molecular flexibility index (Phi) is 2.49. The summed E-state index contributed by atoms with van der Waals surface area (Å²) in [4.78, 5) is 11.4. The predicted octanol–water partition coefficient (Wildman–Crippen LogP) is 2.97. The van der Waals surface area contributed by atoms with Crippen molar-refractivity contribution in [1.29, 1.82) is 0 Å². The quantitative estimate of drug-likeness (QED) is 0.580. The molecule has 1 atom stereocenters. The molecule has 0 fully saturated rings. The van der Waals surface area contributed by atoms with Gasteiger partial charge in [0.1, 0.15) is 5.75 Å². The van der Waals surface area contributed by atoms with Crippen LogP contribution < -0.4 is 0 Å². The van der Waals surface area contributed by atoms with Gasteiger partial charge in [-0.3, -0.25) is 0 Å². The van der Waals surface area contributed by atoms with E-state index in [2.05, 4.69) is 0 Å². The van der Waals surface area contributed by atoms with E-state index in [-0.39, 0.29) is 11.3 Å². The van der Waals surface area contributed by atoms with Crippen molar-refractivity contribution in [2.24, 2.45) is 0 Å². The monoisotopic (exact) mass is 266 g/mol. The van der Waals surface area contributed by atoms with E-state index in [1.807, 2.05) is 0 Å². The third kappa shape index (κ3) is 1.87. The average molecular weight is 267 g/mol. The summed E-state index contributed by atoms with van der Waals surface area (Å²) >= 11 is 17.0. The number of ether oxygens (including phenoxy) is 1. The van der Waals surface area contributed by atoms with Gasteiger partial charge in [-0.25, -0.2) is 4.79 Å². The number of carbonyl (C=O) groups excluding carboxylic acids is 1. The molecule has 1 N–H and O–H groups in total. The topological polar surface area (TPSA) is 46.5 Å². The van der Waals surface area contributed by atoms with Gasteiger partial charge in [-0.1, -0.05) is 40.9 Å².